The first-order valence-electron chi connectivity index (χ1n) is 11.0. The van der Waals surface area contributed by atoms with Crippen LogP contribution < -0.4 is 11.1 Å². The molecule has 2 aromatic rings. The largest absolute Gasteiger partial charge is 0.401 e. The molecule has 0 radical (unpaired) electrons. The molecule has 3 N–H and O–H groups in total. The number of anilines is 1. The van der Waals surface area contributed by atoms with Crippen molar-refractivity contribution in [3.8, 4) is 0 Å². The molecular weight excluding hydrogens is 455 g/mol. The maximum atomic E-state index is 12.7. The molecule has 2 aliphatic rings. The summed E-state index contributed by atoms with van der Waals surface area (Å²) in [5.41, 5.74) is 10.2. The Labute approximate surface area is 201 Å². The Hall–Kier alpha value is -3.98. The minimum atomic E-state index is -4.24. The lowest BCUT2D eigenvalue weighted by Crippen LogP contribution is -2.29. The minimum absolute atomic E-state index is 0.201. The van der Waals surface area contributed by atoms with Crippen LogP contribution in [-0.4, -0.2) is 36.1 Å². The van der Waals surface area contributed by atoms with E-state index in [1.165, 1.54) is 17.3 Å². The molecule has 0 aromatic heterocycles. The number of nitrogens with two attached hydrogens (primary N) is 1. The Bertz CT molecular complexity index is 1230. The van der Waals surface area contributed by atoms with Crippen molar-refractivity contribution in [3.05, 3.63) is 89.7 Å². The molecule has 0 fully saturated rings. The van der Waals surface area contributed by atoms with Gasteiger partial charge in [-0.2, -0.15) is 13.2 Å². The number of hydrogen-bond donors (Lipinski definition) is 2. The fourth-order valence-electron chi connectivity index (χ4n) is 3.99. The third kappa shape index (κ3) is 6.77. The molecule has 2 aliphatic heterocycles. The number of nitrogens with one attached hydrogen (secondary N) is 1. The molecule has 0 bridgehead atoms. The summed E-state index contributed by atoms with van der Waals surface area (Å²) in [5.74, 6) is -0.539. The molecule has 1 amide bonds. The highest BCUT2D eigenvalue weighted by Gasteiger charge is 2.33. The van der Waals surface area contributed by atoms with Crippen LogP contribution in [0.15, 0.2) is 83.0 Å². The maximum absolute atomic E-state index is 12.7. The number of nitrogens with zero attached hydrogens (tertiary/aromatic N) is 3. The molecule has 1 unspecified atom stereocenters. The molecule has 2 aromatic carbocycles. The van der Waals surface area contributed by atoms with Crippen LogP contribution >= 0.6 is 0 Å². The van der Waals surface area contributed by atoms with Gasteiger partial charge in [-0.15, -0.1) is 0 Å². The first-order valence-corrected chi connectivity index (χ1v) is 11.0. The quantitative estimate of drug-likeness (QED) is 0.348. The van der Waals surface area contributed by atoms with Gasteiger partial charge >= 0.3 is 6.18 Å². The Morgan fingerprint density at radius 2 is 1.94 bits per heavy atom. The second-order valence-electron chi connectivity index (χ2n) is 8.23. The van der Waals surface area contributed by atoms with E-state index in [0.717, 1.165) is 28.0 Å². The highest BCUT2D eigenvalue weighted by molar-refractivity contribution is 5.99. The zero-order chi connectivity index (χ0) is 24.8. The van der Waals surface area contributed by atoms with Crippen molar-refractivity contribution in [2.75, 3.05) is 11.9 Å². The van der Waals surface area contributed by atoms with E-state index in [1.54, 1.807) is 36.7 Å². The summed E-state index contributed by atoms with van der Waals surface area (Å²) in [4.78, 5) is 22.1. The topological polar surface area (TPSA) is 83.1 Å². The normalized spacial score (nSPS) is 18.1. The number of hydrogen-bond acceptors (Lipinski definition) is 4. The summed E-state index contributed by atoms with van der Waals surface area (Å²) in [6.07, 6.45) is 7.46. The van der Waals surface area contributed by atoms with E-state index in [2.05, 4.69) is 15.3 Å². The Morgan fingerprint density at radius 1 is 1.17 bits per heavy atom. The van der Waals surface area contributed by atoms with E-state index < -0.39 is 12.7 Å². The maximum Gasteiger partial charge on any atom is 0.401 e. The van der Waals surface area contributed by atoms with Gasteiger partial charge in [0.2, 0.25) is 5.91 Å². The van der Waals surface area contributed by atoms with E-state index in [4.69, 9.17) is 5.73 Å². The number of amides is 1. The van der Waals surface area contributed by atoms with Gasteiger partial charge in [0.25, 0.3) is 0 Å². The molecule has 1 atom stereocenters. The molecule has 0 saturated carbocycles. The van der Waals surface area contributed by atoms with E-state index >= 15 is 0 Å². The minimum Gasteiger partial charge on any atom is -0.390 e. The summed E-state index contributed by atoms with van der Waals surface area (Å²) in [6, 6.07) is 12.8. The van der Waals surface area contributed by atoms with Gasteiger partial charge in [-0.05, 0) is 52.6 Å². The van der Waals surface area contributed by atoms with Gasteiger partial charge in [-0.3, -0.25) is 14.7 Å². The SMILES string of the molecule is N/C=N\c1ccc(C2=CC(/C=C/C(=O)Nc3ccc4c(c3)CN(CC(F)(F)F)C4)C=NC=C2)cc1. The van der Waals surface area contributed by atoms with Crippen molar-refractivity contribution in [1.29, 1.82) is 0 Å². The van der Waals surface area contributed by atoms with Crippen LogP contribution in [0.4, 0.5) is 24.5 Å². The standard InChI is InChI=1S/C26H24F3N5O/c27-26(28,29)16-34-14-21-4-7-24(12-22(21)15-34)33-25(35)8-1-18-11-20(9-10-31-13-18)19-2-5-23(6-3-19)32-17-30/h1-13,17-18H,14-16H2,(H2,30,32)(H,33,35)/b8-1+. The predicted octanol–water partition coefficient (Wildman–Crippen LogP) is 4.98. The van der Waals surface area contributed by atoms with Crippen molar-refractivity contribution in [2.24, 2.45) is 21.6 Å². The number of fused-ring (bicyclic) bond motifs is 1. The summed E-state index contributed by atoms with van der Waals surface area (Å²) in [5, 5.41) is 2.78. The van der Waals surface area contributed by atoms with E-state index in [-0.39, 0.29) is 24.9 Å². The zero-order valence-electron chi connectivity index (χ0n) is 18.7. The second kappa shape index (κ2) is 10.5. The predicted molar refractivity (Wildman–Crippen MR) is 132 cm³/mol. The molecule has 9 heteroatoms. The first kappa shape index (κ1) is 24.2. The van der Waals surface area contributed by atoms with Crippen molar-refractivity contribution in [3.63, 3.8) is 0 Å². The molecule has 0 spiro atoms. The van der Waals surface area contributed by atoms with Crippen LogP contribution in [0.1, 0.15) is 16.7 Å². The van der Waals surface area contributed by atoms with Crippen molar-refractivity contribution >= 4 is 35.4 Å². The monoisotopic (exact) mass is 479 g/mol. The Balaban J connectivity index is 1.39. The number of benzene rings is 2. The zero-order valence-corrected chi connectivity index (χ0v) is 18.7. The van der Waals surface area contributed by atoms with Crippen LogP contribution in [0.3, 0.4) is 0 Å². The van der Waals surface area contributed by atoms with Gasteiger partial charge in [0.15, 0.2) is 0 Å². The van der Waals surface area contributed by atoms with Crippen LogP contribution in [0.2, 0.25) is 0 Å². The lowest BCUT2D eigenvalue weighted by atomic mass is 10.00. The Morgan fingerprint density at radius 3 is 2.69 bits per heavy atom. The van der Waals surface area contributed by atoms with Crippen molar-refractivity contribution < 1.29 is 18.0 Å². The molecular formula is C26H24F3N5O. The van der Waals surface area contributed by atoms with Gasteiger partial charge in [0.1, 0.15) is 0 Å². The van der Waals surface area contributed by atoms with Crippen LogP contribution in [0.5, 0.6) is 0 Å². The van der Waals surface area contributed by atoms with Gasteiger partial charge in [0, 0.05) is 43.2 Å². The van der Waals surface area contributed by atoms with Crippen molar-refractivity contribution in [2.45, 2.75) is 19.3 Å². The van der Waals surface area contributed by atoms with Gasteiger partial charge in [-0.1, -0.05) is 30.4 Å². The van der Waals surface area contributed by atoms with Crippen LogP contribution in [0, 0.1) is 5.92 Å². The van der Waals surface area contributed by atoms with Crippen molar-refractivity contribution in [1.82, 2.24) is 4.90 Å². The third-order valence-electron chi connectivity index (χ3n) is 5.53. The van der Waals surface area contributed by atoms with E-state index in [1.807, 2.05) is 36.4 Å². The van der Waals surface area contributed by atoms with E-state index in [0.29, 0.717) is 5.69 Å². The van der Waals surface area contributed by atoms with E-state index in [9.17, 15) is 18.0 Å². The number of carbonyl (C=O) groups excluding carboxylic acids is 1. The number of alkyl halides is 3. The second-order valence-corrected chi connectivity index (χ2v) is 8.23. The third-order valence-corrected chi connectivity index (χ3v) is 5.53. The summed E-state index contributed by atoms with van der Waals surface area (Å²) in [7, 11) is 0. The summed E-state index contributed by atoms with van der Waals surface area (Å²) in [6.45, 7) is -0.506. The number of allylic oxidation sites excluding steroid dienone is 4. The Kier molecular flexibility index (Phi) is 7.26. The molecule has 4 rings (SSSR count). The van der Waals surface area contributed by atoms with Gasteiger partial charge in [0.05, 0.1) is 18.6 Å². The number of aliphatic imine (C=N–C) groups is 2. The van der Waals surface area contributed by atoms with Gasteiger partial charge in [-0.25, -0.2) is 4.99 Å². The smallest absolute Gasteiger partial charge is 0.390 e. The van der Waals surface area contributed by atoms with Crippen LogP contribution in [0.25, 0.3) is 5.57 Å². The fraction of sp³-hybridized carbons (Fsp3) is 0.192. The average molecular weight is 480 g/mol. The average Bonchev–Trinajstić information content (AvgIpc) is 3.03. The molecule has 6 nitrogen and oxygen atoms in total. The number of halogens is 3. The highest BCUT2D eigenvalue weighted by Crippen LogP contribution is 2.29. The fourth-order valence-corrected chi connectivity index (χ4v) is 3.99. The first-order chi connectivity index (χ1) is 16.8. The van der Waals surface area contributed by atoms with Gasteiger partial charge < -0.3 is 11.1 Å². The molecule has 2 heterocycles. The van der Waals surface area contributed by atoms with Crippen LogP contribution in [-0.2, 0) is 17.9 Å². The molecule has 180 valence electrons. The highest BCUT2D eigenvalue weighted by atomic mass is 19.4. The summed E-state index contributed by atoms with van der Waals surface area (Å²) >= 11 is 0. The lowest BCUT2D eigenvalue weighted by molar-refractivity contribution is -0.147. The number of carbonyl (C=O) groups is 1. The molecule has 35 heavy (non-hydrogen) atoms. The summed E-state index contributed by atoms with van der Waals surface area (Å²) < 4.78 is 38.0. The molecule has 0 aliphatic carbocycles. The lowest BCUT2D eigenvalue weighted by Gasteiger charge is -2.16. The molecule has 0 saturated heterocycles. The number of rotatable bonds is 6.